The maximum Gasteiger partial charge on any atom is 0.230 e. The molecule has 1 aromatic rings. The fourth-order valence-corrected chi connectivity index (χ4v) is 2.46. The topological polar surface area (TPSA) is 49.3 Å². The van der Waals surface area contributed by atoms with Gasteiger partial charge in [0.1, 0.15) is 0 Å². The first kappa shape index (κ1) is 14.5. The average Bonchev–Trinajstić information content (AvgIpc) is 2.26. The Hall–Kier alpha value is -0.520. The summed E-state index contributed by atoms with van der Waals surface area (Å²) in [6.07, 6.45) is 0. The van der Waals surface area contributed by atoms with Gasteiger partial charge in [0, 0.05) is 9.37 Å². The third-order valence-electron chi connectivity index (χ3n) is 2.04. The van der Waals surface area contributed by atoms with E-state index in [1.54, 1.807) is 13.8 Å². The lowest BCUT2D eigenvalue weighted by atomic mass is 10.1. The maximum absolute atomic E-state index is 11.6. The Morgan fingerprint density at radius 3 is 2.82 bits per heavy atom. The molecule has 1 aromatic carbocycles. The Labute approximate surface area is 114 Å². The predicted molar refractivity (Wildman–Crippen MR) is 74.2 cm³/mol. The van der Waals surface area contributed by atoms with E-state index >= 15 is 0 Å². The smallest absolute Gasteiger partial charge is 0.230 e. The van der Waals surface area contributed by atoms with Gasteiger partial charge >= 0.3 is 0 Å². The van der Waals surface area contributed by atoms with E-state index in [1.807, 2.05) is 24.3 Å². The zero-order valence-electron chi connectivity index (χ0n) is 9.87. The van der Waals surface area contributed by atoms with Gasteiger partial charge in [0.25, 0.3) is 0 Å². The van der Waals surface area contributed by atoms with Crippen LogP contribution in [0.2, 0.25) is 0 Å². The quantitative estimate of drug-likeness (QED) is 0.820. The standard InChI is InChI=1S/C12H16BrNO2S/c1-12(2,8-15)14-11(16)7-17-10-5-3-4-9(13)6-10/h3-6,15H,7-8H2,1-2H3,(H,14,16). The Kier molecular flexibility index (Phi) is 5.49. The Morgan fingerprint density at radius 2 is 2.24 bits per heavy atom. The molecule has 3 nitrogen and oxygen atoms in total. The number of aliphatic hydroxyl groups is 1. The summed E-state index contributed by atoms with van der Waals surface area (Å²) < 4.78 is 0.999. The predicted octanol–water partition coefficient (Wildman–Crippen LogP) is 2.43. The van der Waals surface area contributed by atoms with Crippen LogP contribution in [0.4, 0.5) is 0 Å². The molecule has 0 aliphatic rings. The normalized spacial score (nSPS) is 11.3. The lowest BCUT2D eigenvalue weighted by molar-refractivity contribution is -0.120. The van der Waals surface area contributed by atoms with E-state index in [0.717, 1.165) is 9.37 Å². The molecule has 0 unspecified atom stereocenters. The van der Waals surface area contributed by atoms with Gasteiger partial charge in [-0.25, -0.2) is 0 Å². The molecule has 0 aliphatic carbocycles. The van der Waals surface area contributed by atoms with Gasteiger partial charge in [-0.05, 0) is 32.0 Å². The van der Waals surface area contributed by atoms with Crippen LogP contribution in [0, 0.1) is 0 Å². The van der Waals surface area contributed by atoms with Gasteiger partial charge in [0.05, 0.1) is 17.9 Å². The van der Waals surface area contributed by atoms with Crippen molar-refractivity contribution in [3.63, 3.8) is 0 Å². The molecule has 5 heteroatoms. The van der Waals surface area contributed by atoms with E-state index < -0.39 is 5.54 Å². The second-order valence-corrected chi connectivity index (χ2v) is 6.30. The molecule has 0 saturated heterocycles. The van der Waals surface area contributed by atoms with Gasteiger partial charge in [0.15, 0.2) is 0 Å². The van der Waals surface area contributed by atoms with Crippen molar-refractivity contribution < 1.29 is 9.90 Å². The summed E-state index contributed by atoms with van der Waals surface area (Å²) in [5, 5.41) is 11.8. The summed E-state index contributed by atoms with van der Waals surface area (Å²) in [5.41, 5.74) is -0.561. The van der Waals surface area contributed by atoms with Crippen LogP contribution in [0.15, 0.2) is 33.6 Å². The van der Waals surface area contributed by atoms with Gasteiger partial charge in [0.2, 0.25) is 5.91 Å². The molecule has 2 N–H and O–H groups in total. The molecule has 0 radical (unpaired) electrons. The molecule has 0 atom stereocenters. The SMILES string of the molecule is CC(C)(CO)NC(=O)CSc1cccc(Br)c1. The number of hydrogen-bond donors (Lipinski definition) is 2. The van der Waals surface area contributed by atoms with Crippen molar-refractivity contribution >= 4 is 33.6 Å². The number of halogens is 1. The van der Waals surface area contributed by atoms with Crippen LogP contribution >= 0.6 is 27.7 Å². The van der Waals surface area contributed by atoms with E-state index in [4.69, 9.17) is 5.11 Å². The fourth-order valence-electron chi connectivity index (χ4n) is 1.16. The van der Waals surface area contributed by atoms with Crippen molar-refractivity contribution in [2.45, 2.75) is 24.3 Å². The van der Waals surface area contributed by atoms with E-state index in [1.165, 1.54) is 11.8 Å². The van der Waals surface area contributed by atoms with Gasteiger partial charge in [-0.1, -0.05) is 22.0 Å². The van der Waals surface area contributed by atoms with Gasteiger partial charge in [-0.15, -0.1) is 11.8 Å². The van der Waals surface area contributed by atoms with Crippen molar-refractivity contribution in [1.29, 1.82) is 0 Å². The second-order valence-electron chi connectivity index (χ2n) is 4.34. The highest BCUT2D eigenvalue weighted by atomic mass is 79.9. The highest BCUT2D eigenvalue weighted by molar-refractivity contribution is 9.10. The maximum atomic E-state index is 11.6. The summed E-state index contributed by atoms with van der Waals surface area (Å²) in [7, 11) is 0. The summed E-state index contributed by atoms with van der Waals surface area (Å²) in [4.78, 5) is 12.7. The first-order chi connectivity index (χ1) is 7.93. The van der Waals surface area contributed by atoms with Crippen molar-refractivity contribution in [2.75, 3.05) is 12.4 Å². The van der Waals surface area contributed by atoms with Crippen LogP contribution in [0.25, 0.3) is 0 Å². The lowest BCUT2D eigenvalue weighted by Crippen LogP contribution is -2.47. The Balaban J connectivity index is 2.44. The average molecular weight is 318 g/mol. The van der Waals surface area contributed by atoms with Crippen molar-refractivity contribution in [1.82, 2.24) is 5.32 Å². The molecule has 0 heterocycles. The van der Waals surface area contributed by atoms with Gasteiger partial charge in [-0.3, -0.25) is 4.79 Å². The number of aliphatic hydroxyl groups excluding tert-OH is 1. The first-order valence-electron chi connectivity index (χ1n) is 5.23. The molecule has 1 rings (SSSR count). The summed E-state index contributed by atoms with van der Waals surface area (Å²) >= 11 is 4.85. The zero-order chi connectivity index (χ0) is 12.9. The number of nitrogens with one attached hydrogen (secondary N) is 1. The van der Waals surface area contributed by atoms with Crippen LogP contribution in [-0.2, 0) is 4.79 Å². The highest BCUT2D eigenvalue weighted by Gasteiger charge is 2.18. The number of carbonyl (C=O) groups excluding carboxylic acids is 1. The highest BCUT2D eigenvalue weighted by Crippen LogP contribution is 2.21. The number of amides is 1. The molecule has 94 valence electrons. The fraction of sp³-hybridized carbons (Fsp3) is 0.417. The van der Waals surface area contributed by atoms with Crippen LogP contribution in [-0.4, -0.2) is 28.9 Å². The molecule has 0 bridgehead atoms. The van der Waals surface area contributed by atoms with Crippen molar-refractivity contribution in [3.8, 4) is 0 Å². The molecule has 0 aliphatic heterocycles. The van der Waals surface area contributed by atoms with E-state index in [2.05, 4.69) is 21.2 Å². The van der Waals surface area contributed by atoms with Crippen LogP contribution in [0.5, 0.6) is 0 Å². The van der Waals surface area contributed by atoms with Crippen molar-refractivity contribution in [3.05, 3.63) is 28.7 Å². The third-order valence-corrected chi connectivity index (χ3v) is 3.53. The summed E-state index contributed by atoms with van der Waals surface area (Å²) in [6.45, 7) is 3.50. The number of hydrogen-bond acceptors (Lipinski definition) is 3. The van der Waals surface area contributed by atoms with E-state index in [-0.39, 0.29) is 12.5 Å². The number of benzene rings is 1. The minimum absolute atomic E-state index is 0.0692. The summed E-state index contributed by atoms with van der Waals surface area (Å²) in [6, 6.07) is 7.80. The molecule has 17 heavy (non-hydrogen) atoms. The first-order valence-corrected chi connectivity index (χ1v) is 7.01. The van der Waals surface area contributed by atoms with Gasteiger partial charge in [-0.2, -0.15) is 0 Å². The van der Waals surface area contributed by atoms with Crippen LogP contribution in [0.1, 0.15) is 13.8 Å². The molecule has 0 saturated carbocycles. The molecule has 0 aromatic heterocycles. The largest absolute Gasteiger partial charge is 0.394 e. The van der Waals surface area contributed by atoms with Gasteiger partial charge < -0.3 is 10.4 Å². The zero-order valence-corrected chi connectivity index (χ0v) is 12.3. The number of carbonyl (C=O) groups is 1. The summed E-state index contributed by atoms with van der Waals surface area (Å²) in [5.74, 6) is 0.272. The minimum Gasteiger partial charge on any atom is -0.394 e. The minimum atomic E-state index is -0.561. The Morgan fingerprint density at radius 1 is 1.53 bits per heavy atom. The number of rotatable bonds is 5. The number of thioether (sulfide) groups is 1. The third kappa shape index (κ3) is 5.57. The van der Waals surface area contributed by atoms with E-state index in [0.29, 0.717) is 5.75 Å². The Bertz CT molecular complexity index is 396. The van der Waals surface area contributed by atoms with E-state index in [9.17, 15) is 4.79 Å². The monoisotopic (exact) mass is 317 g/mol. The second kappa shape index (κ2) is 6.42. The van der Waals surface area contributed by atoms with Crippen LogP contribution < -0.4 is 5.32 Å². The molecule has 0 fully saturated rings. The van der Waals surface area contributed by atoms with Crippen molar-refractivity contribution in [2.24, 2.45) is 0 Å². The molecule has 0 spiro atoms. The van der Waals surface area contributed by atoms with Crippen LogP contribution in [0.3, 0.4) is 0 Å². The lowest BCUT2D eigenvalue weighted by Gasteiger charge is -2.23. The molecular weight excluding hydrogens is 302 g/mol. The molecule has 1 amide bonds. The molecular formula is C12H16BrNO2S.